The summed E-state index contributed by atoms with van der Waals surface area (Å²) in [4.78, 5) is 27.8. The fraction of sp³-hybridized carbons (Fsp3) is 0.622. The highest BCUT2D eigenvalue weighted by molar-refractivity contribution is 6.07. The van der Waals surface area contributed by atoms with E-state index in [0.717, 1.165) is 49.1 Å². The van der Waals surface area contributed by atoms with Crippen molar-refractivity contribution in [3.8, 4) is 17.2 Å². The first kappa shape index (κ1) is 40.1. The number of imide groups is 1. The van der Waals surface area contributed by atoms with Crippen LogP contribution in [0.3, 0.4) is 0 Å². The van der Waals surface area contributed by atoms with E-state index in [1.807, 2.05) is 0 Å². The molecule has 284 valence electrons. The number of carbonyl (C=O) groups excluding carboxylic acids is 2. The molecule has 1 saturated heterocycles. The lowest BCUT2D eigenvalue weighted by Gasteiger charge is -2.33. The van der Waals surface area contributed by atoms with Gasteiger partial charge in [0.05, 0.1) is 6.61 Å². The highest BCUT2D eigenvalue weighted by atomic mass is 19.4. The van der Waals surface area contributed by atoms with Gasteiger partial charge < -0.3 is 24.6 Å². The normalized spacial score (nSPS) is 18.0. The Morgan fingerprint density at radius 3 is 2.06 bits per heavy atom. The molecular weight excluding hydrogens is 682 g/mol. The molecule has 2 aliphatic rings. The van der Waals surface area contributed by atoms with Gasteiger partial charge in [-0.05, 0) is 79.5 Å². The maximum atomic E-state index is 13.9. The maximum Gasteiger partial charge on any atom is 0.430 e. The number of rotatable bonds is 18. The topological polar surface area (TPSA) is 97.3 Å². The molecule has 2 heterocycles. The molecule has 2 N–H and O–H groups in total. The first-order valence-corrected chi connectivity index (χ1v) is 17.8. The van der Waals surface area contributed by atoms with Crippen LogP contribution in [0.1, 0.15) is 107 Å². The number of nitrogens with one attached hydrogen (secondary N) is 1. The van der Waals surface area contributed by atoms with Crippen LogP contribution in [-0.2, 0) is 28.8 Å². The number of urea groups is 1. The molecule has 2 aromatic rings. The highest BCUT2D eigenvalue weighted by Crippen LogP contribution is 2.51. The van der Waals surface area contributed by atoms with Crippen molar-refractivity contribution in [3.05, 3.63) is 52.6 Å². The van der Waals surface area contributed by atoms with Crippen molar-refractivity contribution in [2.75, 3.05) is 26.4 Å². The van der Waals surface area contributed by atoms with Gasteiger partial charge in [0.25, 0.3) is 11.5 Å². The van der Waals surface area contributed by atoms with Crippen LogP contribution in [0, 0.1) is 0 Å². The van der Waals surface area contributed by atoms with Crippen LogP contribution >= 0.6 is 0 Å². The number of nitrogens with zero attached hydrogens (tertiary/aromatic N) is 1. The third kappa shape index (κ3) is 8.52. The molecule has 0 aliphatic carbocycles. The number of fused-ring (bicyclic) bond motifs is 1. The van der Waals surface area contributed by atoms with Gasteiger partial charge in [-0.3, -0.25) is 9.69 Å². The molecule has 0 aromatic heterocycles. The standard InChI is InChI=1S/C37H48F6N2O6/c1-4-7-8-9-10-11-15-26-23-28(35(48,36(38,39)40)37(41,42)43)22-25(14-5-2)31(26)51-19-13-12-18-45-32(46)34(6-3,44-33(45)47)27-16-17-29-30(24-27)50-21-20-49-29/h16-17,22-24,48H,4-15,18-21H2,1-3H3,(H,44,47). The second kappa shape index (κ2) is 16.8. The Balaban J connectivity index is 1.50. The Bertz CT molecular complexity index is 1500. The van der Waals surface area contributed by atoms with E-state index in [-0.39, 0.29) is 49.3 Å². The molecule has 0 radical (unpaired) electrons. The van der Waals surface area contributed by atoms with Crippen LogP contribution in [0.4, 0.5) is 31.1 Å². The molecule has 4 rings (SSSR count). The van der Waals surface area contributed by atoms with Gasteiger partial charge in [0.2, 0.25) is 0 Å². The number of alkyl halides is 6. The van der Waals surface area contributed by atoms with Gasteiger partial charge in [-0.2, -0.15) is 26.3 Å². The van der Waals surface area contributed by atoms with Crippen molar-refractivity contribution < 1.29 is 55.2 Å². The van der Waals surface area contributed by atoms with Crippen molar-refractivity contribution >= 4 is 11.9 Å². The molecule has 8 nitrogen and oxygen atoms in total. The molecule has 51 heavy (non-hydrogen) atoms. The number of carbonyl (C=O) groups is 2. The van der Waals surface area contributed by atoms with Crippen molar-refractivity contribution in [1.82, 2.24) is 10.2 Å². The van der Waals surface area contributed by atoms with Gasteiger partial charge in [0.1, 0.15) is 24.5 Å². The second-order valence-electron chi connectivity index (χ2n) is 13.2. The van der Waals surface area contributed by atoms with Gasteiger partial charge in [-0.15, -0.1) is 0 Å². The molecular formula is C37H48F6N2O6. The van der Waals surface area contributed by atoms with E-state index in [2.05, 4.69) is 12.2 Å². The molecule has 0 spiro atoms. The first-order chi connectivity index (χ1) is 24.1. The number of hydrogen-bond donors (Lipinski definition) is 2. The summed E-state index contributed by atoms with van der Waals surface area (Å²) in [6.07, 6.45) is -5.25. The lowest BCUT2D eigenvalue weighted by molar-refractivity contribution is -0.376. The average molecular weight is 731 g/mol. The number of benzene rings is 2. The summed E-state index contributed by atoms with van der Waals surface area (Å²) < 4.78 is 101. The zero-order valence-electron chi connectivity index (χ0n) is 29.4. The molecule has 1 unspecified atom stereocenters. The Hall–Kier alpha value is -3.68. The third-order valence-electron chi connectivity index (χ3n) is 9.56. The predicted octanol–water partition coefficient (Wildman–Crippen LogP) is 8.64. The summed E-state index contributed by atoms with van der Waals surface area (Å²) in [7, 11) is 0. The van der Waals surface area contributed by atoms with E-state index in [1.165, 1.54) is 0 Å². The third-order valence-corrected chi connectivity index (χ3v) is 9.56. The lowest BCUT2D eigenvalue weighted by Crippen LogP contribution is -2.54. The van der Waals surface area contributed by atoms with Crippen LogP contribution in [0.5, 0.6) is 17.2 Å². The van der Waals surface area contributed by atoms with Gasteiger partial charge >= 0.3 is 18.4 Å². The molecule has 3 amide bonds. The largest absolute Gasteiger partial charge is 0.493 e. The summed E-state index contributed by atoms with van der Waals surface area (Å²) in [6, 6.07) is 6.09. The maximum absolute atomic E-state index is 13.9. The Labute approximate surface area is 294 Å². The molecule has 2 aliphatic heterocycles. The smallest absolute Gasteiger partial charge is 0.430 e. The summed E-state index contributed by atoms with van der Waals surface area (Å²) in [5.74, 6) is 0.820. The van der Waals surface area contributed by atoms with Crippen molar-refractivity contribution in [2.45, 2.75) is 121 Å². The summed E-state index contributed by atoms with van der Waals surface area (Å²) in [5.41, 5.74) is -6.75. The second-order valence-corrected chi connectivity index (χ2v) is 13.2. The minimum Gasteiger partial charge on any atom is -0.493 e. The lowest BCUT2D eigenvalue weighted by atomic mass is 9.87. The Morgan fingerprint density at radius 2 is 1.43 bits per heavy atom. The molecule has 2 aromatic carbocycles. The zero-order valence-corrected chi connectivity index (χ0v) is 29.4. The van der Waals surface area contributed by atoms with Gasteiger partial charge in [-0.25, -0.2) is 4.79 Å². The average Bonchev–Trinajstić information content (AvgIpc) is 3.34. The van der Waals surface area contributed by atoms with Crippen molar-refractivity contribution in [2.24, 2.45) is 0 Å². The fourth-order valence-electron chi connectivity index (χ4n) is 6.70. The molecule has 0 bridgehead atoms. The van der Waals surface area contributed by atoms with Crippen LogP contribution in [0.2, 0.25) is 0 Å². The van der Waals surface area contributed by atoms with Crippen molar-refractivity contribution in [1.29, 1.82) is 0 Å². The van der Waals surface area contributed by atoms with E-state index >= 15 is 0 Å². The summed E-state index contributed by atoms with van der Waals surface area (Å²) >= 11 is 0. The monoisotopic (exact) mass is 730 g/mol. The molecule has 14 heteroatoms. The van der Waals surface area contributed by atoms with Gasteiger partial charge in [0, 0.05) is 12.1 Å². The minimum atomic E-state index is -6.01. The van der Waals surface area contributed by atoms with E-state index in [0.29, 0.717) is 56.0 Å². The van der Waals surface area contributed by atoms with Crippen LogP contribution in [-0.4, -0.2) is 60.7 Å². The van der Waals surface area contributed by atoms with Crippen LogP contribution in [0.15, 0.2) is 30.3 Å². The van der Waals surface area contributed by atoms with Gasteiger partial charge in [-0.1, -0.05) is 65.4 Å². The number of halogens is 6. The molecule has 1 atom stereocenters. The first-order valence-electron chi connectivity index (χ1n) is 17.8. The Morgan fingerprint density at radius 1 is 0.804 bits per heavy atom. The predicted molar refractivity (Wildman–Crippen MR) is 178 cm³/mol. The van der Waals surface area contributed by atoms with E-state index in [4.69, 9.17) is 14.2 Å². The van der Waals surface area contributed by atoms with Crippen LogP contribution in [0.25, 0.3) is 0 Å². The van der Waals surface area contributed by atoms with Crippen molar-refractivity contribution in [3.63, 3.8) is 0 Å². The van der Waals surface area contributed by atoms with Gasteiger partial charge in [0.15, 0.2) is 11.5 Å². The van der Waals surface area contributed by atoms with E-state index < -0.39 is 41.0 Å². The van der Waals surface area contributed by atoms with E-state index in [1.54, 1.807) is 32.0 Å². The Kier molecular flexibility index (Phi) is 13.2. The number of ether oxygens (including phenoxy) is 3. The highest BCUT2D eigenvalue weighted by Gasteiger charge is 2.71. The number of aliphatic hydroxyl groups is 1. The molecule has 1 fully saturated rings. The number of aryl methyl sites for hydroxylation is 2. The quantitative estimate of drug-likeness (QED) is 0.0906. The SMILES string of the molecule is CCCCCCCCc1cc(C(O)(C(F)(F)F)C(F)(F)F)cc(CCC)c1OCCCCN1C(=O)NC(CC)(c2ccc3c(c2)OCCO3)C1=O. The minimum absolute atomic E-state index is 0.0348. The number of amides is 3. The fourth-order valence-corrected chi connectivity index (χ4v) is 6.70. The number of unbranched alkanes of at least 4 members (excludes halogenated alkanes) is 6. The summed E-state index contributed by atoms with van der Waals surface area (Å²) in [6.45, 7) is 6.46. The zero-order chi connectivity index (χ0) is 37.5. The summed E-state index contributed by atoms with van der Waals surface area (Å²) in [5, 5.41) is 13.1. The number of hydrogen-bond acceptors (Lipinski definition) is 6. The van der Waals surface area contributed by atoms with E-state index in [9.17, 15) is 41.0 Å². The molecule has 0 saturated carbocycles. The van der Waals surface area contributed by atoms with Crippen LogP contribution < -0.4 is 19.5 Å².